The maximum Gasteiger partial charge on any atom is 0.293 e. The topological polar surface area (TPSA) is 37.4 Å². The molecule has 0 saturated carbocycles. The summed E-state index contributed by atoms with van der Waals surface area (Å²) in [6.07, 6.45) is 1.69. The van der Waals surface area contributed by atoms with Crippen LogP contribution in [0.1, 0.15) is 11.1 Å². The highest BCUT2D eigenvalue weighted by molar-refractivity contribution is 9.10. The monoisotopic (exact) mass is 391 g/mol. The molecule has 2 aromatic rings. The van der Waals surface area contributed by atoms with Crippen LogP contribution in [0.4, 0.5) is 9.18 Å². The molecule has 1 saturated heterocycles. The molecular formula is C17H11BrFNO2S. The van der Waals surface area contributed by atoms with Crippen LogP contribution in [-0.2, 0) is 11.3 Å². The van der Waals surface area contributed by atoms with Crippen molar-refractivity contribution < 1.29 is 14.0 Å². The molecule has 2 aromatic carbocycles. The van der Waals surface area contributed by atoms with Gasteiger partial charge in [0.2, 0.25) is 0 Å². The second kappa shape index (κ2) is 6.68. The minimum atomic E-state index is -0.350. The van der Waals surface area contributed by atoms with Crippen LogP contribution in [-0.4, -0.2) is 16.0 Å². The van der Waals surface area contributed by atoms with Crippen molar-refractivity contribution in [1.29, 1.82) is 0 Å². The quantitative estimate of drug-likeness (QED) is 0.703. The average Bonchev–Trinajstić information content (AvgIpc) is 2.79. The molecule has 0 aromatic heterocycles. The summed E-state index contributed by atoms with van der Waals surface area (Å²) < 4.78 is 13.8. The molecule has 1 aliphatic heterocycles. The maximum absolute atomic E-state index is 12.9. The first-order chi connectivity index (χ1) is 11.0. The van der Waals surface area contributed by atoms with Crippen molar-refractivity contribution in [3.63, 3.8) is 0 Å². The fourth-order valence-corrected chi connectivity index (χ4v) is 3.37. The van der Waals surface area contributed by atoms with Crippen LogP contribution in [0.2, 0.25) is 0 Å². The van der Waals surface area contributed by atoms with Crippen molar-refractivity contribution in [1.82, 2.24) is 4.90 Å². The second-order valence-corrected chi connectivity index (χ2v) is 6.76. The van der Waals surface area contributed by atoms with E-state index in [1.54, 1.807) is 18.2 Å². The Balaban J connectivity index is 1.82. The Kier molecular flexibility index (Phi) is 4.63. The lowest BCUT2D eigenvalue weighted by atomic mass is 10.2. The van der Waals surface area contributed by atoms with Crippen molar-refractivity contribution >= 4 is 44.9 Å². The Morgan fingerprint density at radius 1 is 1.09 bits per heavy atom. The molecule has 1 heterocycles. The van der Waals surface area contributed by atoms with Crippen molar-refractivity contribution in [2.75, 3.05) is 0 Å². The van der Waals surface area contributed by atoms with Crippen molar-refractivity contribution in [3.05, 3.63) is 74.9 Å². The van der Waals surface area contributed by atoms with E-state index in [9.17, 15) is 14.0 Å². The SMILES string of the molecule is O=C1S/C(=C\c2ccccc2Br)C(=O)N1Cc1ccc(F)cc1. The molecule has 3 rings (SSSR count). The highest BCUT2D eigenvalue weighted by Gasteiger charge is 2.35. The molecule has 0 spiro atoms. The lowest BCUT2D eigenvalue weighted by Gasteiger charge is -2.12. The van der Waals surface area contributed by atoms with Crippen molar-refractivity contribution in [2.24, 2.45) is 0 Å². The summed E-state index contributed by atoms with van der Waals surface area (Å²) in [5.74, 6) is -0.684. The molecular weight excluding hydrogens is 381 g/mol. The Hall–Kier alpha value is -1.92. The Labute approximate surface area is 145 Å². The maximum atomic E-state index is 12.9. The number of hydrogen-bond donors (Lipinski definition) is 0. The second-order valence-electron chi connectivity index (χ2n) is 4.92. The van der Waals surface area contributed by atoms with Crippen molar-refractivity contribution in [2.45, 2.75) is 6.54 Å². The normalized spacial score (nSPS) is 16.4. The van der Waals surface area contributed by atoms with Crippen LogP contribution >= 0.6 is 27.7 Å². The summed E-state index contributed by atoms with van der Waals surface area (Å²) in [6, 6.07) is 13.2. The van der Waals surface area contributed by atoms with Gasteiger partial charge < -0.3 is 0 Å². The van der Waals surface area contributed by atoms with E-state index in [1.807, 2.05) is 24.3 Å². The van der Waals surface area contributed by atoms with Crippen LogP contribution in [0.15, 0.2) is 57.9 Å². The Bertz CT molecular complexity index is 804. The van der Waals surface area contributed by atoms with Gasteiger partial charge in [0.1, 0.15) is 5.82 Å². The standard InChI is InChI=1S/C17H11BrFNO2S/c18-14-4-2-1-3-12(14)9-15-16(21)20(17(22)23-15)10-11-5-7-13(19)8-6-11/h1-9H,10H2/b15-9-. The van der Waals surface area contributed by atoms with Gasteiger partial charge >= 0.3 is 0 Å². The van der Waals surface area contributed by atoms with E-state index < -0.39 is 0 Å². The van der Waals surface area contributed by atoms with Crippen LogP contribution in [0, 0.1) is 5.82 Å². The summed E-state index contributed by atoms with van der Waals surface area (Å²) in [7, 11) is 0. The Morgan fingerprint density at radius 2 is 1.78 bits per heavy atom. The van der Waals surface area contributed by atoms with E-state index in [0.29, 0.717) is 10.5 Å². The molecule has 0 radical (unpaired) electrons. The lowest BCUT2D eigenvalue weighted by molar-refractivity contribution is -0.123. The van der Waals surface area contributed by atoms with Crippen molar-refractivity contribution in [3.8, 4) is 0 Å². The van der Waals surface area contributed by atoms with E-state index in [2.05, 4.69) is 15.9 Å². The summed E-state index contributed by atoms with van der Waals surface area (Å²) in [4.78, 5) is 26.1. The Morgan fingerprint density at radius 3 is 2.48 bits per heavy atom. The van der Waals surface area contributed by atoms with E-state index in [1.165, 1.54) is 17.0 Å². The molecule has 23 heavy (non-hydrogen) atoms. The van der Waals surface area contributed by atoms with Gasteiger partial charge in [0, 0.05) is 4.47 Å². The summed E-state index contributed by atoms with van der Waals surface area (Å²) in [6.45, 7) is 0.137. The predicted octanol–water partition coefficient (Wildman–Crippen LogP) is 4.82. The molecule has 1 aliphatic rings. The number of halogens is 2. The largest absolute Gasteiger partial charge is 0.293 e. The first kappa shape index (κ1) is 16.0. The number of benzene rings is 2. The van der Waals surface area contributed by atoms with Gasteiger partial charge in [0.15, 0.2) is 0 Å². The van der Waals surface area contributed by atoms with E-state index in [0.717, 1.165) is 21.8 Å². The highest BCUT2D eigenvalue weighted by Crippen LogP contribution is 2.34. The van der Waals surface area contributed by atoms with E-state index in [4.69, 9.17) is 0 Å². The fraction of sp³-hybridized carbons (Fsp3) is 0.0588. The third-order valence-corrected chi connectivity index (χ3v) is 4.95. The zero-order chi connectivity index (χ0) is 16.4. The molecule has 0 N–H and O–H groups in total. The highest BCUT2D eigenvalue weighted by atomic mass is 79.9. The molecule has 2 amide bonds. The number of carbonyl (C=O) groups excluding carboxylic acids is 2. The number of hydrogen-bond acceptors (Lipinski definition) is 3. The number of thioether (sulfide) groups is 1. The first-order valence-corrected chi connectivity index (χ1v) is 8.40. The van der Waals surface area contributed by atoms with Gasteiger partial charge in [-0.25, -0.2) is 4.39 Å². The van der Waals surface area contributed by atoms with Gasteiger partial charge in [-0.05, 0) is 47.2 Å². The van der Waals surface area contributed by atoms with Gasteiger partial charge in [-0.15, -0.1) is 0 Å². The number of imide groups is 1. The molecule has 0 aliphatic carbocycles. The van der Waals surface area contributed by atoms with Gasteiger partial charge in [-0.1, -0.05) is 46.3 Å². The third-order valence-electron chi connectivity index (χ3n) is 3.32. The number of rotatable bonds is 3. The average molecular weight is 392 g/mol. The lowest BCUT2D eigenvalue weighted by Crippen LogP contribution is -2.27. The van der Waals surface area contributed by atoms with E-state index >= 15 is 0 Å². The zero-order valence-corrected chi connectivity index (χ0v) is 14.2. The summed E-state index contributed by atoms with van der Waals surface area (Å²) in [5, 5.41) is -0.322. The molecule has 0 unspecified atom stereocenters. The van der Waals surface area contributed by atoms with Crippen LogP contribution in [0.3, 0.4) is 0 Å². The number of carbonyl (C=O) groups is 2. The molecule has 6 heteroatoms. The van der Waals surface area contributed by atoms with E-state index in [-0.39, 0.29) is 23.5 Å². The minimum absolute atomic E-state index is 0.137. The zero-order valence-electron chi connectivity index (χ0n) is 11.8. The molecule has 1 fully saturated rings. The summed E-state index contributed by atoms with van der Waals surface area (Å²) in [5.41, 5.74) is 1.54. The van der Waals surface area contributed by atoms with Gasteiger partial charge in [-0.2, -0.15) is 0 Å². The number of amides is 2. The fourth-order valence-electron chi connectivity index (χ4n) is 2.14. The number of nitrogens with zero attached hydrogens (tertiary/aromatic N) is 1. The van der Waals surface area contributed by atoms with Gasteiger partial charge in [-0.3, -0.25) is 14.5 Å². The van der Waals surface area contributed by atoms with Gasteiger partial charge in [0.25, 0.3) is 11.1 Å². The molecule has 3 nitrogen and oxygen atoms in total. The van der Waals surface area contributed by atoms with Crippen LogP contribution in [0.25, 0.3) is 6.08 Å². The smallest absolute Gasteiger partial charge is 0.268 e. The van der Waals surface area contributed by atoms with Gasteiger partial charge in [0.05, 0.1) is 11.4 Å². The third kappa shape index (κ3) is 3.54. The predicted molar refractivity (Wildman–Crippen MR) is 92.1 cm³/mol. The molecule has 0 atom stereocenters. The summed E-state index contributed by atoms with van der Waals surface area (Å²) >= 11 is 4.33. The van der Waals surface area contributed by atoms with Crippen LogP contribution < -0.4 is 0 Å². The molecule has 116 valence electrons. The molecule has 0 bridgehead atoms. The minimum Gasteiger partial charge on any atom is -0.268 e. The first-order valence-electron chi connectivity index (χ1n) is 6.79. The van der Waals surface area contributed by atoms with Crippen LogP contribution in [0.5, 0.6) is 0 Å².